The average molecular weight is 405 g/mol. The van der Waals surface area contributed by atoms with Crippen molar-refractivity contribution in [1.82, 2.24) is 14.8 Å². The van der Waals surface area contributed by atoms with Gasteiger partial charge in [0.2, 0.25) is 5.88 Å². The summed E-state index contributed by atoms with van der Waals surface area (Å²) in [5, 5.41) is 15.6. The largest absolute Gasteiger partial charge is 0.478 e. The number of hydrogen-bond acceptors (Lipinski definition) is 6. The van der Waals surface area contributed by atoms with Gasteiger partial charge in [0.15, 0.2) is 0 Å². The van der Waals surface area contributed by atoms with Gasteiger partial charge in [-0.3, -0.25) is 4.90 Å². The molecule has 0 saturated carbocycles. The Hall–Kier alpha value is -2.78. The van der Waals surface area contributed by atoms with Crippen LogP contribution in [0.1, 0.15) is 12.0 Å². The van der Waals surface area contributed by atoms with Gasteiger partial charge in [-0.05, 0) is 18.6 Å². The smallest absolute Gasteiger partial charge is 0.328 e. The molecular formula is C19H23N3O5S. The SMILES string of the molecule is CN1CC(CCN2CC=CC2)Oc2ncccc2C1=S.O=C(O)C=CC(=O)O. The van der Waals surface area contributed by atoms with E-state index in [1.807, 2.05) is 19.2 Å². The van der Waals surface area contributed by atoms with Gasteiger partial charge in [-0.15, -0.1) is 0 Å². The zero-order valence-corrected chi connectivity index (χ0v) is 16.3. The molecule has 3 heterocycles. The zero-order valence-electron chi connectivity index (χ0n) is 15.5. The number of thiocarbonyl (C=S) groups is 1. The molecule has 0 saturated heterocycles. The Balaban J connectivity index is 0.000000300. The van der Waals surface area contributed by atoms with Gasteiger partial charge in [0.05, 0.1) is 12.1 Å². The number of ether oxygens (including phenoxy) is 1. The van der Waals surface area contributed by atoms with E-state index < -0.39 is 11.9 Å². The van der Waals surface area contributed by atoms with Crippen LogP contribution in [0, 0.1) is 0 Å². The Morgan fingerprint density at radius 1 is 1.29 bits per heavy atom. The van der Waals surface area contributed by atoms with E-state index in [2.05, 4.69) is 26.9 Å². The van der Waals surface area contributed by atoms with Crippen molar-refractivity contribution in [3.8, 4) is 5.88 Å². The third-order valence-corrected chi connectivity index (χ3v) is 4.67. The lowest BCUT2D eigenvalue weighted by molar-refractivity contribution is -0.134. The molecule has 1 atom stereocenters. The number of carbonyl (C=O) groups is 2. The number of aromatic nitrogens is 1. The van der Waals surface area contributed by atoms with Crippen LogP contribution in [0.15, 0.2) is 42.6 Å². The van der Waals surface area contributed by atoms with Crippen molar-refractivity contribution < 1.29 is 24.5 Å². The summed E-state index contributed by atoms with van der Waals surface area (Å²) in [6.45, 7) is 3.96. The molecule has 0 fully saturated rings. The average Bonchev–Trinajstić information content (AvgIpc) is 3.14. The number of likely N-dealkylation sites (N-methyl/N-ethyl adjacent to an activating group) is 1. The monoisotopic (exact) mass is 405 g/mol. The molecule has 2 aliphatic rings. The van der Waals surface area contributed by atoms with E-state index >= 15 is 0 Å². The summed E-state index contributed by atoms with van der Waals surface area (Å²) in [6.07, 6.45) is 8.43. The molecule has 28 heavy (non-hydrogen) atoms. The number of fused-ring (bicyclic) bond motifs is 1. The van der Waals surface area contributed by atoms with Crippen LogP contribution >= 0.6 is 12.2 Å². The maximum Gasteiger partial charge on any atom is 0.328 e. The minimum absolute atomic E-state index is 0.134. The van der Waals surface area contributed by atoms with Crippen LogP contribution in [0.2, 0.25) is 0 Å². The lowest BCUT2D eigenvalue weighted by Gasteiger charge is -2.23. The number of hydrogen-bond donors (Lipinski definition) is 2. The first-order chi connectivity index (χ1) is 13.4. The molecule has 3 rings (SSSR count). The van der Waals surface area contributed by atoms with Crippen LogP contribution < -0.4 is 4.74 Å². The quantitative estimate of drug-likeness (QED) is 0.428. The zero-order chi connectivity index (χ0) is 20.5. The Kier molecular flexibility index (Phi) is 8.09. The molecule has 1 aromatic rings. The second-order valence-corrected chi connectivity index (χ2v) is 6.70. The lowest BCUT2D eigenvalue weighted by Crippen LogP contribution is -2.36. The topological polar surface area (TPSA) is 103 Å². The standard InChI is InChI=1S/C15H19N3OS.C4H4O4/c1-17-11-12(6-10-18-8-2-3-9-18)19-14-13(15(17)20)5-4-7-16-14;5-3(6)1-2-4(7)8/h2-5,7,12H,6,8-11H2,1H3;1-2H,(H,5,6)(H,7,8). The number of nitrogens with zero attached hydrogens (tertiary/aromatic N) is 3. The van der Waals surface area contributed by atoms with Gasteiger partial charge < -0.3 is 19.8 Å². The van der Waals surface area contributed by atoms with Gasteiger partial charge in [-0.25, -0.2) is 14.6 Å². The predicted octanol–water partition coefficient (Wildman–Crippen LogP) is 1.42. The van der Waals surface area contributed by atoms with Crippen molar-refractivity contribution in [2.45, 2.75) is 12.5 Å². The summed E-state index contributed by atoms with van der Waals surface area (Å²) in [5.74, 6) is -1.84. The van der Waals surface area contributed by atoms with Crippen molar-refractivity contribution >= 4 is 29.1 Å². The molecule has 8 nitrogen and oxygen atoms in total. The normalized spacial score (nSPS) is 18.8. The summed E-state index contributed by atoms with van der Waals surface area (Å²) < 4.78 is 6.07. The van der Waals surface area contributed by atoms with Gasteiger partial charge in [-0.1, -0.05) is 24.4 Å². The van der Waals surface area contributed by atoms with E-state index in [9.17, 15) is 9.59 Å². The molecule has 150 valence electrons. The molecule has 1 unspecified atom stereocenters. The van der Waals surface area contributed by atoms with Crippen molar-refractivity contribution in [2.24, 2.45) is 0 Å². The Labute approximate surface area is 168 Å². The van der Waals surface area contributed by atoms with Crippen LogP contribution in [0.5, 0.6) is 5.88 Å². The molecule has 0 radical (unpaired) electrons. The van der Waals surface area contributed by atoms with Gasteiger partial charge in [-0.2, -0.15) is 0 Å². The van der Waals surface area contributed by atoms with Crippen LogP contribution in [-0.4, -0.2) is 81.3 Å². The molecule has 0 aliphatic carbocycles. The summed E-state index contributed by atoms with van der Waals surface area (Å²) in [7, 11) is 2.03. The molecule has 0 bridgehead atoms. The minimum Gasteiger partial charge on any atom is -0.478 e. The fraction of sp³-hybridized carbons (Fsp3) is 0.368. The molecule has 0 amide bonds. The first-order valence-electron chi connectivity index (χ1n) is 8.75. The second kappa shape index (κ2) is 10.5. The molecule has 2 N–H and O–H groups in total. The first-order valence-corrected chi connectivity index (χ1v) is 9.16. The van der Waals surface area contributed by atoms with Crippen LogP contribution in [-0.2, 0) is 9.59 Å². The highest BCUT2D eigenvalue weighted by Crippen LogP contribution is 2.23. The van der Waals surface area contributed by atoms with Crippen LogP contribution in [0.3, 0.4) is 0 Å². The van der Waals surface area contributed by atoms with Gasteiger partial charge in [0.1, 0.15) is 11.1 Å². The maximum absolute atomic E-state index is 9.55. The van der Waals surface area contributed by atoms with Gasteiger partial charge >= 0.3 is 11.9 Å². The van der Waals surface area contributed by atoms with Crippen molar-refractivity contribution in [2.75, 3.05) is 33.2 Å². The number of carboxylic acid groups (broad SMARTS) is 2. The van der Waals surface area contributed by atoms with E-state index in [1.165, 1.54) is 0 Å². The highest BCUT2D eigenvalue weighted by Gasteiger charge is 2.25. The van der Waals surface area contributed by atoms with Gasteiger partial charge in [0, 0.05) is 45.0 Å². The number of carboxylic acids is 2. The van der Waals surface area contributed by atoms with E-state index in [0.29, 0.717) is 18.0 Å². The van der Waals surface area contributed by atoms with E-state index in [1.54, 1.807) is 6.20 Å². The third kappa shape index (κ3) is 6.75. The predicted molar refractivity (Wildman–Crippen MR) is 108 cm³/mol. The number of pyridine rings is 1. The van der Waals surface area contributed by atoms with Crippen molar-refractivity contribution in [1.29, 1.82) is 0 Å². The van der Waals surface area contributed by atoms with Crippen LogP contribution in [0.25, 0.3) is 0 Å². The van der Waals surface area contributed by atoms with Crippen LogP contribution in [0.4, 0.5) is 0 Å². The molecule has 1 aromatic heterocycles. The summed E-state index contributed by atoms with van der Waals surface area (Å²) in [6, 6.07) is 3.88. The highest BCUT2D eigenvalue weighted by molar-refractivity contribution is 7.80. The Bertz CT molecular complexity index is 757. The molecule has 0 aromatic carbocycles. The van der Waals surface area contributed by atoms with Crippen molar-refractivity contribution in [3.63, 3.8) is 0 Å². The fourth-order valence-corrected chi connectivity index (χ4v) is 2.99. The molecule has 0 spiro atoms. The maximum atomic E-state index is 9.55. The number of aliphatic carboxylic acids is 2. The van der Waals surface area contributed by atoms with Gasteiger partial charge in [0.25, 0.3) is 0 Å². The fourth-order valence-electron chi connectivity index (χ4n) is 2.76. The van der Waals surface area contributed by atoms with E-state index in [-0.39, 0.29) is 6.10 Å². The summed E-state index contributed by atoms with van der Waals surface area (Å²) in [5.41, 5.74) is 0.926. The first kappa shape index (κ1) is 21.5. The second-order valence-electron chi connectivity index (χ2n) is 6.31. The number of rotatable bonds is 5. The Morgan fingerprint density at radius 2 is 1.93 bits per heavy atom. The molecule has 9 heteroatoms. The molecule has 2 aliphatic heterocycles. The lowest BCUT2D eigenvalue weighted by atomic mass is 10.2. The third-order valence-electron chi connectivity index (χ3n) is 4.13. The summed E-state index contributed by atoms with van der Waals surface area (Å²) in [4.78, 5) is 28.8. The highest BCUT2D eigenvalue weighted by atomic mass is 32.1. The minimum atomic E-state index is -1.26. The van der Waals surface area contributed by atoms with E-state index in [4.69, 9.17) is 27.2 Å². The van der Waals surface area contributed by atoms with E-state index in [0.717, 1.165) is 43.2 Å². The Morgan fingerprint density at radius 3 is 2.54 bits per heavy atom. The van der Waals surface area contributed by atoms with Crippen molar-refractivity contribution in [3.05, 3.63) is 48.2 Å². The molecular weight excluding hydrogens is 382 g/mol. The summed E-state index contributed by atoms with van der Waals surface area (Å²) >= 11 is 5.50.